The van der Waals surface area contributed by atoms with Crippen LogP contribution in [0.1, 0.15) is 27.2 Å². The van der Waals surface area contributed by atoms with Crippen molar-refractivity contribution in [3.63, 3.8) is 0 Å². The lowest BCUT2D eigenvalue weighted by Gasteiger charge is -2.25. The molecule has 124 valence electrons. The maximum atomic E-state index is 12.4. The van der Waals surface area contributed by atoms with Crippen LogP contribution in [-0.4, -0.2) is 59.1 Å². The summed E-state index contributed by atoms with van der Waals surface area (Å²) in [7, 11) is -2.93. The zero-order valence-corrected chi connectivity index (χ0v) is 15.6. The fraction of sp³-hybridized carbons (Fsp3) is 0.714. The van der Waals surface area contributed by atoms with Gasteiger partial charge in [0.2, 0.25) is 0 Å². The number of thioether (sulfide) groups is 1. The molecule has 22 heavy (non-hydrogen) atoms. The number of sulfone groups is 1. The van der Waals surface area contributed by atoms with Gasteiger partial charge in [-0.25, -0.2) is 8.42 Å². The van der Waals surface area contributed by atoms with Crippen LogP contribution in [0.4, 0.5) is 0 Å². The molecule has 0 aliphatic carbocycles. The molecule has 2 fully saturated rings. The average Bonchev–Trinajstić information content (AvgIpc) is 2.90. The minimum atomic E-state index is -2.93. The number of amides is 1. The molecule has 0 radical (unpaired) electrons. The van der Waals surface area contributed by atoms with E-state index in [1.807, 2.05) is 25.7 Å². The van der Waals surface area contributed by atoms with Gasteiger partial charge in [0.25, 0.3) is 5.91 Å². The molecule has 2 aliphatic heterocycles. The summed E-state index contributed by atoms with van der Waals surface area (Å²) in [6.45, 7) is 7.35. The number of thiocarbonyl (C=S) groups is 1. The molecule has 5 nitrogen and oxygen atoms in total. The maximum absolute atomic E-state index is 12.4. The molecule has 2 aliphatic rings. The third-order valence-corrected chi connectivity index (χ3v) is 6.86. The molecular weight excluding hydrogens is 340 g/mol. The van der Waals surface area contributed by atoms with Gasteiger partial charge in [0, 0.05) is 25.3 Å². The van der Waals surface area contributed by atoms with Gasteiger partial charge in [-0.1, -0.05) is 37.8 Å². The molecule has 0 aromatic rings. The molecule has 2 heterocycles. The van der Waals surface area contributed by atoms with Crippen molar-refractivity contribution in [2.75, 3.05) is 24.6 Å². The van der Waals surface area contributed by atoms with Gasteiger partial charge >= 0.3 is 0 Å². The lowest BCUT2D eigenvalue weighted by atomic mass is 10.2. The molecule has 0 saturated carbocycles. The number of hydrogen-bond acceptors (Lipinski definition) is 6. The van der Waals surface area contributed by atoms with Crippen molar-refractivity contribution < 1.29 is 13.2 Å². The van der Waals surface area contributed by atoms with E-state index in [0.29, 0.717) is 34.7 Å². The number of carbonyl (C=O) groups is 1. The Morgan fingerprint density at radius 3 is 2.68 bits per heavy atom. The van der Waals surface area contributed by atoms with E-state index in [9.17, 15) is 13.2 Å². The summed E-state index contributed by atoms with van der Waals surface area (Å²) in [6, 6.07) is -0.0383. The van der Waals surface area contributed by atoms with E-state index >= 15 is 0 Å². The molecule has 0 aromatic carbocycles. The normalized spacial score (nSPS) is 26.5. The Labute approximate surface area is 142 Å². The molecule has 0 bridgehead atoms. The molecule has 1 atom stereocenters. The lowest BCUT2D eigenvalue weighted by Crippen LogP contribution is -2.34. The highest BCUT2D eigenvalue weighted by molar-refractivity contribution is 8.26. The molecule has 2 rings (SSSR count). The highest BCUT2D eigenvalue weighted by atomic mass is 32.2. The highest BCUT2D eigenvalue weighted by Crippen LogP contribution is 2.32. The largest absolute Gasteiger partial charge is 0.373 e. The summed E-state index contributed by atoms with van der Waals surface area (Å²) in [4.78, 5) is 16.6. The van der Waals surface area contributed by atoms with E-state index in [4.69, 9.17) is 12.2 Å². The smallest absolute Gasteiger partial charge is 0.267 e. The van der Waals surface area contributed by atoms with E-state index in [1.54, 1.807) is 11.1 Å². The van der Waals surface area contributed by atoms with Crippen molar-refractivity contribution in [1.29, 1.82) is 0 Å². The first kappa shape index (κ1) is 17.7. The second-order valence-corrected chi connectivity index (χ2v) is 9.96. The van der Waals surface area contributed by atoms with Crippen molar-refractivity contribution in [2.45, 2.75) is 33.2 Å². The Kier molecular flexibility index (Phi) is 5.55. The molecule has 2 saturated heterocycles. The third-order valence-electron chi connectivity index (χ3n) is 3.75. The SMILES string of the molecule is CCN(/C=C1\SC(=S)N(CC(C)C)C1=O)[C@@H]1CCS(=O)(=O)C1. The summed E-state index contributed by atoms with van der Waals surface area (Å²) >= 11 is 6.59. The Balaban J connectivity index is 2.14. The minimum Gasteiger partial charge on any atom is -0.373 e. The second kappa shape index (κ2) is 6.88. The maximum Gasteiger partial charge on any atom is 0.267 e. The molecular formula is C14H22N2O3S3. The molecule has 8 heteroatoms. The van der Waals surface area contributed by atoms with Crippen molar-refractivity contribution >= 4 is 44.0 Å². The molecule has 0 aromatic heterocycles. The van der Waals surface area contributed by atoms with E-state index in [2.05, 4.69) is 0 Å². The van der Waals surface area contributed by atoms with E-state index in [1.165, 1.54) is 11.8 Å². The highest BCUT2D eigenvalue weighted by Gasteiger charge is 2.35. The first-order valence-corrected chi connectivity index (χ1v) is 10.5. The third kappa shape index (κ3) is 4.02. The second-order valence-electron chi connectivity index (χ2n) is 6.06. The van der Waals surface area contributed by atoms with Crippen LogP contribution in [0.3, 0.4) is 0 Å². The Bertz CT molecular complexity index is 598. The van der Waals surface area contributed by atoms with Crippen molar-refractivity contribution in [1.82, 2.24) is 9.80 Å². The summed E-state index contributed by atoms with van der Waals surface area (Å²) in [5.74, 6) is 0.687. The monoisotopic (exact) mass is 362 g/mol. The summed E-state index contributed by atoms with van der Waals surface area (Å²) < 4.78 is 23.9. The van der Waals surface area contributed by atoms with E-state index in [-0.39, 0.29) is 23.5 Å². The fourth-order valence-electron chi connectivity index (χ4n) is 2.66. The van der Waals surface area contributed by atoms with Crippen LogP contribution in [-0.2, 0) is 14.6 Å². The molecule has 1 amide bonds. The minimum absolute atomic E-state index is 0.0383. The average molecular weight is 363 g/mol. The van der Waals surface area contributed by atoms with E-state index < -0.39 is 9.84 Å². The zero-order chi connectivity index (χ0) is 16.5. The Hall–Kier alpha value is -0.600. The summed E-state index contributed by atoms with van der Waals surface area (Å²) in [5.41, 5.74) is 0. The van der Waals surface area contributed by atoms with Gasteiger partial charge in [0.15, 0.2) is 9.84 Å². The lowest BCUT2D eigenvalue weighted by molar-refractivity contribution is -0.122. The van der Waals surface area contributed by atoms with Crippen molar-refractivity contribution in [3.05, 3.63) is 11.1 Å². The fourth-order valence-corrected chi connectivity index (χ4v) is 5.67. The van der Waals surface area contributed by atoms with Gasteiger partial charge < -0.3 is 4.90 Å². The standard InChI is InChI=1S/C14H22N2O3S3/c1-4-15(11-5-6-22(18,19)9-11)8-12-13(17)16(7-10(2)3)14(20)21-12/h8,10-11H,4-7,9H2,1-3H3/b12-8-/t11-/m1/s1. The van der Waals surface area contributed by atoms with Crippen LogP contribution in [0.25, 0.3) is 0 Å². The zero-order valence-electron chi connectivity index (χ0n) is 13.1. The van der Waals surface area contributed by atoms with Crippen LogP contribution >= 0.6 is 24.0 Å². The van der Waals surface area contributed by atoms with Crippen LogP contribution in [0, 0.1) is 5.92 Å². The van der Waals surface area contributed by atoms with Crippen molar-refractivity contribution in [2.24, 2.45) is 5.92 Å². The summed E-state index contributed by atoms with van der Waals surface area (Å²) in [5, 5.41) is 0. The van der Waals surface area contributed by atoms with Crippen molar-refractivity contribution in [3.8, 4) is 0 Å². The van der Waals surface area contributed by atoms with E-state index in [0.717, 1.165) is 0 Å². The number of carbonyl (C=O) groups excluding carboxylic acids is 1. The molecule has 0 spiro atoms. The number of hydrogen-bond donors (Lipinski definition) is 0. The predicted molar refractivity (Wildman–Crippen MR) is 94.3 cm³/mol. The quantitative estimate of drug-likeness (QED) is 0.550. The van der Waals surface area contributed by atoms with Gasteiger partial charge in [0.1, 0.15) is 4.32 Å². The number of nitrogens with zero attached hydrogens (tertiary/aromatic N) is 2. The van der Waals surface area contributed by atoms with Gasteiger partial charge in [-0.15, -0.1) is 0 Å². The number of rotatable bonds is 5. The van der Waals surface area contributed by atoms with Crippen LogP contribution in [0.15, 0.2) is 11.1 Å². The van der Waals surface area contributed by atoms with Crippen LogP contribution in [0.2, 0.25) is 0 Å². The summed E-state index contributed by atoms with van der Waals surface area (Å²) in [6.07, 6.45) is 2.42. The topological polar surface area (TPSA) is 57.7 Å². The van der Waals surface area contributed by atoms with Crippen LogP contribution in [0.5, 0.6) is 0 Å². The van der Waals surface area contributed by atoms with Crippen LogP contribution < -0.4 is 0 Å². The van der Waals surface area contributed by atoms with Gasteiger partial charge in [0.05, 0.1) is 16.4 Å². The predicted octanol–water partition coefficient (Wildman–Crippen LogP) is 1.85. The molecule has 0 unspecified atom stereocenters. The molecule has 0 N–H and O–H groups in total. The Morgan fingerprint density at radius 2 is 2.18 bits per heavy atom. The van der Waals surface area contributed by atoms with Gasteiger partial charge in [-0.05, 0) is 19.3 Å². The van der Waals surface area contributed by atoms with Gasteiger partial charge in [-0.3, -0.25) is 9.69 Å². The Morgan fingerprint density at radius 1 is 1.50 bits per heavy atom. The van der Waals surface area contributed by atoms with Gasteiger partial charge in [-0.2, -0.15) is 0 Å². The first-order valence-electron chi connectivity index (χ1n) is 7.45. The first-order chi connectivity index (χ1) is 10.2.